The molecule has 0 amide bonds. The fourth-order valence-corrected chi connectivity index (χ4v) is 2.82. The van der Waals surface area contributed by atoms with E-state index in [0.29, 0.717) is 16.7 Å². The summed E-state index contributed by atoms with van der Waals surface area (Å²) in [4.78, 5) is 4.42. The van der Waals surface area contributed by atoms with Crippen molar-refractivity contribution in [2.75, 3.05) is 7.11 Å². The van der Waals surface area contributed by atoms with Crippen molar-refractivity contribution in [1.29, 1.82) is 0 Å². The molecule has 1 heterocycles. The van der Waals surface area contributed by atoms with E-state index >= 15 is 0 Å². The third kappa shape index (κ3) is 2.42. The van der Waals surface area contributed by atoms with Crippen LogP contribution in [-0.2, 0) is 11.3 Å². The van der Waals surface area contributed by atoms with Crippen molar-refractivity contribution in [3.8, 4) is 0 Å². The van der Waals surface area contributed by atoms with Gasteiger partial charge in [0.1, 0.15) is 0 Å². The molecule has 0 unspecified atom stereocenters. The predicted octanol–water partition coefficient (Wildman–Crippen LogP) is 4.29. The SMILES string of the molecule is COCc1cc(Cl)c2cc(I)cc(Cl)c2n1. The van der Waals surface area contributed by atoms with E-state index in [1.807, 2.05) is 12.1 Å². The lowest BCUT2D eigenvalue weighted by molar-refractivity contribution is 0.182. The summed E-state index contributed by atoms with van der Waals surface area (Å²) in [5, 5.41) is 2.14. The van der Waals surface area contributed by atoms with Gasteiger partial charge in [-0.05, 0) is 40.8 Å². The lowest BCUT2D eigenvalue weighted by atomic mass is 10.2. The quantitative estimate of drug-likeness (QED) is 0.738. The van der Waals surface area contributed by atoms with Gasteiger partial charge in [-0.15, -0.1) is 0 Å². The summed E-state index contributed by atoms with van der Waals surface area (Å²) in [6.45, 7) is 0.429. The Balaban J connectivity index is 2.71. The van der Waals surface area contributed by atoms with Gasteiger partial charge in [0.05, 0.1) is 27.9 Å². The Hall–Kier alpha value is -0.100. The van der Waals surface area contributed by atoms with Gasteiger partial charge >= 0.3 is 0 Å². The Bertz CT molecular complexity index is 545. The van der Waals surface area contributed by atoms with E-state index in [0.717, 1.165) is 20.2 Å². The molecule has 0 aliphatic heterocycles. The second kappa shape index (κ2) is 5.04. The number of rotatable bonds is 2. The molecule has 2 aromatic rings. The number of benzene rings is 1. The van der Waals surface area contributed by atoms with E-state index in [1.165, 1.54) is 0 Å². The van der Waals surface area contributed by atoms with Gasteiger partial charge < -0.3 is 4.74 Å². The van der Waals surface area contributed by atoms with E-state index < -0.39 is 0 Å². The first kappa shape index (κ1) is 12.4. The Morgan fingerprint density at radius 3 is 2.69 bits per heavy atom. The maximum atomic E-state index is 6.18. The molecule has 2 nitrogen and oxygen atoms in total. The number of methoxy groups -OCH3 is 1. The molecule has 16 heavy (non-hydrogen) atoms. The van der Waals surface area contributed by atoms with Crippen LogP contribution >= 0.6 is 45.8 Å². The van der Waals surface area contributed by atoms with Crippen LogP contribution < -0.4 is 0 Å². The standard InChI is InChI=1S/C11H8Cl2INO/c1-16-5-7-4-9(12)8-2-6(14)3-10(13)11(8)15-7/h2-4H,5H2,1H3. The van der Waals surface area contributed by atoms with Crippen molar-refractivity contribution < 1.29 is 4.74 Å². The second-order valence-corrected chi connectivity index (χ2v) is 5.37. The highest BCUT2D eigenvalue weighted by Crippen LogP contribution is 2.30. The summed E-state index contributed by atoms with van der Waals surface area (Å²) in [6.07, 6.45) is 0. The number of nitrogens with zero attached hydrogens (tertiary/aromatic N) is 1. The van der Waals surface area contributed by atoms with Crippen LogP contribution in [0.2, 0.25) is 10.0 Å². The molecule has 0 radical (unpaired) electrons. The summed E-state index contributed by atoms with van der Waals surface area (Å²) in [5.74, 6) is 0. The normalized spacial score (nSPS) is 11.0. The molecule has 0 saturated carbocycles. The molecule has 0 bridgehead atoms. The zero-order valence-electron chi connectivity index (χ0n) is 8.43. The van der Waals surface area contributed by atoms with Crippen LogP contribution in [-0.4, -0.2) is 12.1 Å². The highest BCUT2D eigenvalue weighted by Gasteiger charge is 2.08. The molecule has 0 aliphatic carbocycles. The van der Waals surface area contributed by atoms with Gasteiger partial charge in [0.2, 0.25) is 0 Å². The molecule has 0 N–H and O–H groups in total. The predicted molar refractivity (Wildman–Crippen MR) is 75.2 cm³/mol. The number of hydrogen-bond donors (Lipinski definition) is 0. The minimum absolute atomic E-state index is 0.429. The van der Waals surface area contributed by atoms with Gasteiger partial charge in [-0.25, -0.2) is 4.98 Å². The zero-order valence-corrected chi connectivity index (χ0v) is 12.1. The molecule has 1 aromatic heterocycles. The van der Waals surface area contributed by atoms with Gasteiger partial charge in [-0.3, -0.25) is 0 Å². The van der Waals surface area contributed by atoms with Crippen LogP contribution in [0.1, 0.15) is 5.69 Å². The van der Waals surface area contributed by atoms with Crippen molar-refractivity contribution in [2.24, 2.45) is 0 Å². The molecule has 0 aliphatic rings. The van der Waals surface area contributed by atoms with Gasteiger partial charge in [0.25, 0.3) is 0 Å². The first-order valence-electron chi connectivity index (χ1n) is 4.55. The van der Waals surface area contributed by atoms with Gasteiger partial charge in [0.15, 0.2) is 0 Å². The number of pyridine rings is 1. The van der Waals surface area contributed by atoms with Crippen LogP contribution in [0.25, 0.3) is 10.9 Å². The minimum Gasteiger partial charge on any atom is -0.378 e. The van der Waals surface area contributed by atoms with Crippen LogP contribution in [0.3, 0.4) is 0 Å². The van der Waals surface area contributed by atoms with E-state index in [4.69, 9.17) is 27.9 Å². The Morgan fingerprint density at radius 1 is 1.25 bits per heavy atom. The van der Waals surface area contributed by atoms with Crippen LogP contribution in [0.5, 0.6) is 0 Å². The molecule has 0 atom stereocenters. The average molecular weight is 368 g/mol. The second-order valence-electron chi connectivity index (χ2n) is 3.31. The molecule has 0 fully saturated rings. The Labute approximate surface area is 117 Å². The third-order valence-corrected chi connectivity index (χ3v) is 3.35. The fraction of sp³-hybridized carbons (Fsp3) is 0.182. The third-order valence-electron chi connectivity index (χ3n) is 2.13. The summed E-state index contributed by atoms with van der Waals surface area (Å²) >= 11 is 14.5. The zero-order chi connectivity index (χ0) is 11.7. The molecular formula is C11H8Cl2INO. The van der Waals surface area contributed by atoms with Crippen molar-refractivity contribution in [3.63, 3.8) is 0 Å². The highest BCUT2D eigenvalue weighted by atomic mass is 127. The van der Waals surface area contributed by atoms with Crippen LogP contribution in [0.15, 0.2) is 18.2 Å². The lowest BCUT2D eigenvalue weighted by Gasteiger charge is -2.06. The smallest absolute Gasteiger partial charge is 0.0908 e. The number of ether oxygens (including phenoxy) is 1. The molecule has 84 valence electrons. The Morgan fingerprint density at radius 2 is 2.00 bits per heavy atom. The maximum absolute atomic E-state index is 6.18. The molecule has 0 spiro atoms. The van der Waals surface area contributed by atoms with Crippen molar-refractivity contribution >= 4 is 56.7 Å². The molecule has 1 aromatic carbocycles. The number of fused-ring (bicyclic) bond motifs is 1. The lowest BCUT2D eigenvalue weighted by Crippen LogP contribution is -1.94. The fourth-order valence-electron chi connectivity index (χ4n) is 1.48. The molecular weight excluding hydrogens is 360 g/mol. The van der Waals surface area contributed by atoms with Crippen molar-refractivity contribution in [1.82, 2.24) is 4.98 Å². The van der Waals surface area contributed by atoms with E-state index in [2.05, 4.69) is 27.6 Å². The summed E-state index contributed by atoms with van der Waals surface area (Å²) in [5.41, 5.74) is 1.50. The first-order chi connectivity index (χ1) is 7.61. The summed E-state index contributed by atoms with van der Waals surface area (Å²) in [7, 11) is 1.62. The van der Waals surface area contributed by atoms with Crippen molar-refractivity contribution in [2.45, 2.75) is 6.61 Å². The summed E-state index contributed by atoms with van der Waals surface area (Å²) < 4.78 is 6.07. The van der Waals surface area contributed by atoms with E-state index in [-0.39, 0.29) is 0 Å². The first-order valence-corrected chi connectivity index (χ1v) is 6.38. The van der Waals surface area contributed by atoms with E-state index in [9.17, 15) is 0 Å². The Kier molecular flexibility index (Phi) is 3.89. The largest absolute Gasteiger partial charge is 0.378 e. The van der Waals surface area contributed by atoms with Gasteiger partial charge in [-0.2, -0.15) is 0 Å². The topological polar surface area (TPSA) is 22.1 Å². The number of hydrogen-bond acceptors (Lipinski definition) is 2. The van der Waals surface area contributed by atoms with Gasteiger partial charge in [0, 0.05) is 16.1 Å². The van der Waals surface area contributed by atoms with E-state index in [1.54, 1.807) is 13.2 Å². The van der Waals surface area contributed by atoms with Crippen LogP contribution in [0, 0.1) is 3.57 Å². The number of halogens is 3. The van der Waals surface area contributed by atoms with Gasteiger partial charge in [-0.1, -0.05) is 23.2 Å². The minimum atomic E-state index is 0.429. The van der Waals surface area contributed by atoms with Crippen molar-refractivity contribution in [3.05, 3.63) is 37.5 Å². The van der Waals surface area contributed by atoms with Crippen LogP contribution in [0.4, 0.5) is 0 Å². The molecule has 5 heteroatoms. The molecule has 2 rings (SSSR count). The monoisotopic (exact) mass is 367 g/mol. The molecule has 0 saturated heterocycles. The number of aromatic nitrogens is 1. The summed E-state index contributed by atoms with van der Waals surface area (Å²) in [6, 6.07) is 5.64. The average Bonchev–Trinajstić information content (AvgIpc) is 2.20. The highest BCUT2D eigenvalue weighted by molar-refractivity contribution is 14.1. The maximum Gasteiger partial charge on any atom is 0.0908 e.